The molecule has 0 aromatic heterocycles. The Morgan fingerprint density at radius 3 is 2.25 bits per heavy atom. The summed E-state index contributed by atoms with van der Waals surface area (Å²) in [6.07, 6.45) is 1.52. The van der Waals surface area contributed by atoms with Crippen LogP contribution in [0.15, 0.2) is 88.7 Å². The van der Waals surface area contributed by atoms with Crippen molar-refractivity contribution in [2.75, 3.05) is 10.0 Å². The Balaban J connectivity index is 1.65. The van der Waals surface area contributed by atoms with Gasteiger partial charge in [0.25, 0.3) is 15.9 Å². The molecule has 0 aliphatic carbocycles. The zero-order valence-electron chi connectivity index (χ0n) is 14.7. The van der Waals surface area contributed by atoms with Crippen molar-refractivity contribution in [2.45, 2.75) is 0 Å². The molecule has 0 aliphatic rings. The van der Waals surface area contributed by atoms with Crippen LogP contribution in [0, 0.1) is 0 Å². The molecule has 28 heavy (non-hydrogen) atoms. The van der Waals surface area contributed by atoms with Crippen LogP contribution < -0.4 is 10.0 Å². The first-order valence-corrected chi connectivity index (χ1v) is 10.7. The lowest BCUT2D eigenvalue weighted by molar-refractivity contribution is 0.102. The fraction of sp³-hybridized carbons (Fsp3) is 0. The molecule has 1 amide bonds. The fourth-order valence-electron chi connectivity index (χ4n) is 2.39. The Labute approximate surface area is 172 Å². The molecule has 0 atom stereocenters. The van der Waals surface area contributed by atoms with Crippen molar-refractivity contribution in [3.63, 3.8) is 0 Å². The van der Waals surface area contributed by atoms with Gasteiger partial charge in [0.2, 0.25) is 0 Å². The van der Waals surface area contributed by atoms with Crippen molar-refractivity contribution in [1.82, 2.24) is 0 Å². The summed E-state index contributed by atoms with van der Waals surface area (Å²) in [5, 5.41) is 3.89. The second kappa shape index (κ2) is 8.86. The van der Waals surface area contributed by atoms with Gasteiger partial charge in [-0.25, -0.2) is 8.42 Å². The van der Waals surface area contributed by atoms with Crippen molar-refractivity contribution in [2.24, 2.45) is 0 Å². The average molecular weight is 457 g/mol. The van der Waals surface area contributed by atoms with Crippen molar-refractivity contribution in [1.29, 1.82) is 0 Å². The van der Waals surface area contributed by atoms with Crippen molar-refractivity contribution in [3.8, 4) is 0 Å². The van der Waals surface area contributed by atoms with Crippen LogP contribution >= 0.6 is 15.9 Å². The minimum absolute atomic E-state index is 0.281. The topological polar surface area (TPSA) is 75.3 Å². The number of sulfonamides is 1. The van der Waals surface area contributed by atoms with E-state index in [0.717, 1.165) is 15.4 Å². The quantitative estimate of drug-likeness (QED) is 0.540. The molecular weight excluding hydrogens is 440 g/mol. The lowest BCUT2D eigenvalue weighted by atomic mass is 10.2. The van der Waals surface area contributed by atoms with Gasteiger partial charge in [-0.05, 0) is 54.1 Å². The summed E-state index contributed by atoms with van der Waals surface area (Å²) in [7, 11) is -3.66. The van der Waals surface area contributed by atoms with Crippen LogP contribution in [0.4, 0.5) is 11.4 Å². The smallest absolute Gasteiger partial charge is 0.255 e. The van der Waals surface area contributed by atoms with Crippen LogP contribution in [0.1, 0.15) is 15.9 Å². The van der Waals surface area contributed by atoms with E-state index < -0.39 is 10.0 Å². The van der Waals surface area contributed by atoms with E-state index in [1.807, 2.05) is 42.5 Å². The van der Waals surface area contributed by atoms with Gasteiger partial charge in [0, 0.05) is 21.4 Å². The van der Waals surface area contributed by atoms with Crippen LogP contribution in [-0.4, -0.2) is 14.3 Å². The predicted octanol–water partition coefficient (Wildman–Crippen LogP) is 5.11. The minimum atomic E-state index is -3.66. The van der Waals surface area contributed by atoms with E-state index in [1.54, 1.807) is 36.4 Å². The monoisotopic (exact) mass is 456 g/mol. The summed E-state index contributed by atoms with van der Waals surface area (Å²) >= 11 is 3.35. The average Bonchev–Trinajstić information content (AvgIpc) is 2.67. The van der Waals surface area contributed by atoms with Gasteiger partial charge in [-0.15, -0.1) is 0 Å². The molecule has 0 radical (unpaired) electrons. The molecule has 5 nitrogen and oxygen atoms in total. The Hall–Kier alpha value is -2.90. The molecule has 0 aliphatic heterocycles. The molecular formula is C21H17BrN2O3S. The largest absolute Gasteiger partial charge is 0.322 e. The van der Waals surface area contributed by atoms with E-state index in [2.05, 4.69) is 26.0 Å². The molecule has 0 saturated carbocycles. The first-order valence-electron chi connectivity index (χ1n) is 8.34. The third-order valence-electron chi connectivity index (χ3n) is 3.73. The van der Waals surface area contributed by atoms with E-state index in [0.29, 0.717) is 16.9 Å². The van der Waals surface area contributed by atoms with Gasteiger partial charge in [0.15, 0.2) is 0 Å². The normalized spacial score (nSPS) is 11.3. The number of carbonyl (C=O) groups excluding carboxylic acids is 1. The maximum absolute atomic E-state index is 12.3. The Morgan fingerprint density at radius 1 is 0.857 bits per heavy atom. The van der Waals surface area contributed by atoms with Gasteiger partial charge in [0.1, 0.15) is 0 Å². The van der Waals surface area contributed by atoms with E-state index in [4.69, 9.17) is 0 Å². The highest BCUT2D eigenvalue weighted by Crippen LogP contribution is 2.18. The third kappa shape index (κ3) is 5.80. The molecule has 142 valence electrons. The SMILES string of the molecule is O=C(Nc1cccc(Br)c1)c1ccc(NS(=O)(=O)/C=C/c2ccccc2)cc1. The number of hydrogen-bond donors (Lipinski definition) is 2. The number of rotatable bonds is 6. The molecule has 0 saturated heterocycles. The van der Waals surface area contributed by atoms with E-state index in [-0.39, 0.29) is 5.91 Å². The Bertz CT molecular complexity index is 1100. The highest BCUT2D eigenvalue weighted by Gasteiger charge is 2.09. The van der Waals surface area contributed by atoms with Gasteiger partial charge >= 0.3 is 0 Å². The summed E-state index contributed by atoms with van der Waals surface area (Å²) in [5.74, 6) is -0.281. The lowest BCUT2D eigenvalue weighted by Gasteiger charge is -2.08. The molecule has 3 rings (SSSR count). The number of amides is 1. The van der Waals surface area contributed by atoms with Crippen molar-refractivity contribution in [3.05, 3.63) is 99.9 Å². The first kappa shape index (κ1) is 19.9. The standard InChI is InChI=1S/C21H17BrN2O3S/c22-18-7-4-8-20(15-18)23-21(25)17-9-11-19(12-10-17)24-28(26,27)14-13-16-5-2-1-3-6-16/h1-15,24H,(H,23,25)/b14-13+. The second-order valence-corrected chi connectivity index (χ2v) is 8.38. The number of nitrogens with one attached hydrogen (secondary N) is 2. The van der Waals surface area contributed by atoms with Crippen LogP contribution in [0.25, 0.3) is 6.08 Å². The van der Waals surface area contributed by atoms with Gasteiger partial charge in [-0.1, -0.05) is 52.3 Å². The maximum atomic E-state index is 12.3. The van der Waals surface area contributed by atoms with E-state index in [1.165, 1.54) is 6.08 Å². The number of hydrogen-bond acceptors (Lipinski definition) is 3. The fourth-order valence-corrected chi connectivity index (χ4v) is 3.66. The second-order valence-electron chi connectivity index (χ2n) is 5.90. The molecule has 0 spiro atoms. The number of carbonyl (C=O) groups is 1. The van der Waals surface area contributed by atoms with Crippen LogP contribution in [0.5, 0.6) is 0 Å². The summed E-state index contributed by atoms with van der Waals surface area (Å²) in [4.78, 5) is 12.3. The van der Waals surface area contributed by atoms with E-state index >= 15 is 0 Å². The third-order valence-corrected chi connectivity index (χ3v) is 5.24. The molecule has 0 heterocycles. The first-order chi connectivity index (χ1) is 13.4. The Morgan fingerprint density at radius 2 is 1.57 bits per heavy atom. The zero-order valence-corrected chi connectivity index (χ0v) is 17.1. The van der Waals surface area contributed by atoms with Crippen LogP contribution in [-0.2, 0) is 10.0 Å². The highest BCUT2D eigenvalue weighted by atomic mass is 79.9. The van der Waals surface area contributed by atoms with Gasteiger partial charge in [-0.2, -0.15) is 0 Å². The molecule has 0 bridgehead atoms. The zero-order chi connectivity index (χ0) is 20.0. The minimum Gasteiger partial charge on any atom is -0.322 e. The van der Waals surface area contributed by atoms with Crippen LogP contribution in [0.3, 0.4) is 0 Å². The molecule has 3 aromatic carbocycles. The number of anilines is 2. The molecule has 3 aromatic rings. The molecule has 0 unspecified atom stereocenters. The molecule has 7 heteroatoms. The summed E-state index contributed by atoms with van der Waals surface area (Å²) < 4.78 is 27.7. The summed E-state index contributed by atoms with van der Waals surface area (Å²) in [6.45, 7) is 0. The predicted molar refractivity (Wildman–Crippen MR) is 117 cm³/mol. The van der Waals surface area contributed by atoms with Gasteiger partial charge < -0.3 is 5.32 Å². The Kier molecular flexibility index (Phi) is 6.28. The van der Waals surface area contributed by atoms with E-state index in [9.17, 15) is 13.2 Å². The lowest BCUT2D eigenvalue weighted by Crippen LogP contribution is -2.12. The van der Waals surface area contributed by atoms with Crippen molar-refractivity contribution >= 4 is 49.3 Å². The van der Waals surface area contributed by atoms with Crippen LogP contribution in [0.2, 0.25) is 0 Å². The van der Waals surface area contributed by atoms with Gasteiger partial charge in [-0.3, -0.25) is 9.52 Å². The maximum Gasteiger partial charge on any atom is 0.255 e. The number of halogens is 1. The van der Waals surface area contributed by atoms with Gasteiger partial charge in [0.05, 0.1) is 5.41 Å². The molecule has 2 N–H and O–H groups in total. The number of benzene rings is 3. The summed E-state index contributed by atoms with van der Waals surface area (Å²) in [6, 6.07) is 22.6. The summed E-state index contributed by atoms with van der Waals surface area (Å²) in [5.41, 5.74) is 2.24. The van der Waals surface area contributed by atoms with Crippen molar-refractivity contribution < 1.29 is 13.2 Å². The molecule has 0 fully saturated rings. The highest BCUT2D eigenvalue weighted by molar-refractivity contribution is 9.10.